The van der Waals surface area contributed by atoms with E-state index in [4.69, 9.17) is 11.6 Å². The van der Waals surface area contributed by atoms with Gasteiger partial charge in [0.15, 0.2) is 0 Å². The number of likely N-dealkylation sites (N-methyl/N-ethyl adjacent to an activating group) is 1. The average molecular weight is 390 g/mol. The van der Waals surface area contributed by atoms with Crippen LogP contribution in [0.1, 0.15) is 18.4 Å². The number of nitrogens with zero attached hydrogens (tertiary/aromatic N) is 3. The van der Waals surface area contributed by atoms with Gasteiger partial charge < -0.3 is 4.90 Å². The second kappa shape index (κ2) is 6.68. The maximum absolute atomic E-state index is 13.2. The summed E-state index contributed by atoms with van der Waals surface area (Å²) in [4.78, 5) is 6.89. The smallest absolute Gasteiger partial charge is 0.269 e. The van der Waals surface area contributed by atoms with Gasteiger partial charge in [-0.25, -0.2) is 12.4 Å². The molecule has 2 aromatic heterocycles. The number of hydrogen-bond acceptors (Lipinski definition) is 4. The van der Waals surface area contributed by atoms with Crippen LogP contribution < -0.4 is 0 Å². The van der Waals surface area contributed by atoms with E-state index in [1.807, 2.05) is 0 Å². The first-order chi connectivity index (χ1) is 12.5. The number of hydrogen-bond donors (Lipinski definition) is 0. The Labute approximate surface area is 158 Å². The highest BCUT2D eigenvalue weighted by Crippen LogP contribution is 2.30. The molecule has 1 aliphatic heterocycles. The van der Waals surface area contributed by atoms with E-state index in [0.717, 1.165) is 30.5 Å². The highest BCUT2D eigenvalue weighted by molar-refractivity contribution is 7.90. The van der Waals surface area contributed by atoms with E-state index in [-0.39, 0.29) is 9.92 Å². The summed E-state index contributed by atoms with van der Waals surface area (Å²) in [5.41, 5.74) is 2.28. The molecular weight excluding hydrogens is 370 g/mol. The Kier molecular flexibility index (Phi) is 4.50. The van der Waals surface area contributed by atoms with Gasteiger partial charge in [0.2, 0.25) is 0 Å². The second-order valence-electron chi connectivity index (χ2n) is 6.74. The van der Waals surface area contributed by atoms with Crippen molar-refractivity contribution in [3.63, 3.8) is 0 Å². The minimum absolute atomic E-state index is 0.104. The van der Waals surface area contributed by atoms with Gasteiger partial charge in [0.05, 0.1) is 16.1 Å². The summed E-state index contributed by atoms with van der Waals surface area (Å²) < 4.78 is 27.8. The molecule has 1 aromatic carbocycles. The summed E-state index contributed by atoms with van der Waals surface area (Å²) in [6, 6.07) is 10.5. The maximum Gasteiger partial charge on any atom is 0.269 e. The third-order valence-electron chi connectivity index (χ3n) is 5.10. The topological polar surface area (TPSA) is 55.2 Å². The van der Waals surface area contributed by atoms with Crippen molar-refractivity contribution in [1.82, 2.24) is 13.9 Å². The number of halogens is 1. The molecule has 3 heterocycles. The van der Waals surface area contributed by atoms with Crippen molar-refractivity contribution < 1.29 is 8.42 Å². The zero-order valence-electron chi connectivity index (χ0n) is 14.5. The molecule has 26 heavy (non-hydrogen) atoms. The van der Waals surface area contributed by atoms with Gasteiger partial charge in [-0.2, -0.15) is 0 Å². The summed E-state index contributed by atoms with van der Waals surface area (Å²) in [5.74, 6) is 0. The molecule has 0 saturated carbocycles. The first kappa shape index (κ1) is 17.5. The minimum Gasteiger partial charge on any atom is -0.303 e. The Morgan fingerprint density at radius 1 is 1.23 bits per heavy atom. The maximum atomic E-state index is 13.2. The van der Waals surface area contributed by atoms with Crippen molar-refractivity contribution in [3.05, 3.63) is 59.4 Å². The number of rotatable bonds is 4. The third kappa shape index (κ3) is 2.92. The normalized spacial score (nSPS) is 18.6. The van der Waals surface area contributed by atoms with Crippen molar-refractivity contribution in [2.24, 2.45) is 0 Å². The van der Waals surface area contributed by atoms with Gasteiger partial charge >= 0.3 is 0 Å². The van der Waals surface area contributed by atoms with Gasteiger partial charge in [0.1, 0.15) is 4.90 Å². The number of pyridine rings is 1. The average Bonchev–Trinajstić information content (AvgIpc) is 3.20. The molecule has 0 unspecified atom stereocenters. The number of fused-ring (bicyclic) bond motifs is 1. The number of likely N-dealkylation sites (tertiary alicyclic amines) is 1. The lowest BCUT2D eigenvalue weighted by Gasteiger charge is -2.18. The van der Waals surface area contributed by atoms with Crippen LogP contribution in [0.5, 0.6) is 0 Å². The van der Waals surface area contributed by atoms with Crippen LogP contribution >= 0.6 is 11.6 Å². The fraction of sp³-hybridized carbons (Fsp3) is 0.316. The summed E-state index contributed by atoms with van der Waals surface area (Å²) >= 11 is 6.16. The Morgan fingerprint density at radius 2 is 2.04 bits per heavy atom. The SMILES string of the molecule is CN1CCC[C@H]1Cc1cn(S(=O)(=O)c2ccccc2Cl)c2cccnc12. The summed E-state index contributed by atoms with van der Waals surface area (Å²) in [6.07, 6.45) is 6.49. The monoisotopic (exact) mass is 389 g/mol. The fourth-order valence-corrected chi connectivity index (χ4v) is 5.57. The lowest BCUT2D eigenvalue weighted by Crippen LogP contribution is -2.26. The molecule has 0 amide bonds. The molecule has 1 atom stereocenters. The minimum atomic E-state index is -3.79. The predicted molar refractivity (Wildman–Crippen MR) is 103 cm³/mol. The standard InChI is InChI=1S/C19H20ClN3O2S/c1-22-11-5-6-15(22)12-14-13-23(17-8-4-10-21-19(14)17)26(24,25)18-9-3-2-7-16(18)20/h2-4,7-10,13,15H,5-6,11-12H2,1H3/t15-/m0/s1. The van der Waals surface area contributed by atoms with E-state index in [1.54, 1.807) is 42.7 Å². The largest absolute Gasteiger partial charge is 0.303 e. The van der Waals surface area contributed by atoms with Gasteiger partial charge in [-0.05, 0) is 62.7 Å². The van der Waals surface area contributed by atoms with Crippen LogP contribution in [-0.2, 0) is 16.4 Å². The van der Waals surface area contributed by atoms with Crippen molar-refractivity contribution >= 4 is 32.7 Å². The molecule has 0 N–H and O–H groups in total. The van der Waals surface area contributed by atoms with Crippen LogP contribution in [0.25, 0.3) is 11.0 Å². The van der Waals surface area contributed by atoms with Gasteiger partial charge in [0, 0.05) is 18.4 Å². The van der Waals surface area contributed by atoms with Crippen LogP contribution in [0.3, 0.4) is 0 Å². The molecule has 0 radical (unpaired) electrons. The molecular formula is C19H20ClN3O2S. The molecule has 5 nitrogen and oxygen atoms in total. The molecule has 7 heteroatoms. The zero-order valence-corrected chi connectivity index (χ0v) is 16.0. The van der Waals surface area contributed by atoms with E-state index < -0.39 is 10.0 Å². The van der Waals surface area contributed by atoms with Crippen molar-refractivity contribution in [2.75, 3.05) is 13.6 Å². The van der Waals surface area contributed by atoms with Crippen LogP contribution in [0.2, 0.25) is 5.02 Å². The molecule has 0 spiro atoms. The highest BCUT2D eigenvalue weighted by atomic mass is 35.5. The van der Waals surface area contributed by atoms with Gasteiger partial charge in [0.25, 0.3) is 10.0 Å². The summed E-state index contributed by atoms with van der Waals surface area (Å²) in [6.45, 7) is 1.08. The Hall–Kier alpha value is -1.89. The van der Waals surface area contributed by atoms with E-state index in [1.165, 1.54) is 16.5 Å². The highest BCUT2D eigenvalue weighted by Gasteiger charge is 2.27. The molecule has 1 fully saturated rings. The zero-order chi connectivity index (χ0) is 18.3. The predicted octanol–water partition coefficient (Wildman–Crippen LogP) is 3.56. The quantitative estimate of drug-likeness (QED) is 0.684. The molecule has 1 saturated heterocycles. The van der Waals surface area contributed by atoms with Crippen molar-refractivity contribution in [2.45, 2.75) is 30.2 Å². The molecule has 0 aliphatic carbocycles. The van der Waals surface area contributed by atoms with E-state index >= 15 is 0 Å². The number of benzene rings is 1. The van der Waals surface area contributed by atoms with Crippen LogP contribution in [0.4, 0.5) is 0 Å². The summed E-state index contributed by atoms with van der Waals surface area (Å²) in [5, 5.41) is 0.218. The lowest BCUT2D eigenvalue weighted by molar-refractivity contribution is 0.309. The van der Waals surface area contributed by atoms with Crippen molar-refractivity contribution in [3.8, 4) is 0 Å². The Bertz CT molecular complexity index is 1060. The number of aromatic nitrogens is 2. The molecule has 1 aliphatic rings. The van der Waals surface area contributed by atoms with Gasteiger partial charge in [-0.1, -0.05) is 23.7 Å². The summed E-state index contributed by atoms with van der Waals surface area (Å²) in [7, 11) is -1.68. The first-order valence-corrected chi connectivity index (χ1v) is 10.5. The van der Waals surface area contributed by atoms with E-state index in [2.05, 4.69) is 16.9 Å². The molecule has 3 aromatic rings. The fourth-order valence-electron chi connectivity index (χ4n) is 3.69. The molecule has 4 rings (SSSR count). The molecule has 136 valence electrons. The van der Waals surface area contributed by atoms with Crippen LogP contribution in [-0.4, -0.2) is 41.9 Å². The third-order valence-corrected chi connectivity index (χ3v) is 7.28. The van der Waals surface area contributed by atoms with E-state index in [9.17, 15) is 8.42 Å². The van der Waals surface area contributed by atoms with E-state index in [0.29, 0.717) is 11.6 Å². The second-order valence-corrected chi connectivity index (χ2v) is 8.93. The first-order valence-electron chi connectivity index (χ1n) is 8.64. The Morgan fingerprint density at radius 3 is 2.77 bits per heavy atom. The van der Waals surface area contributed by atoms with Crippen molar-refractivity contribution in [1.29, 1.82) is 0 Å². The van der Waals surface area contributed by atoms with Gasteiger partial charge in [-0.15, -0.1) is 0 Å². The van der Waals surface area contributed by atoms with Crippen LogP contribution in [0.15, 0.2) is 53.7 Å². The Balaban J connectivity index is 1.85. The lowest BCUT2D eigenvalue weighted by atomic mass is 10.1. The van der Waals surface area contributed by atoms with Gasteiger partial charge in [-0.3, -0.25) is 4.98 Å². The molecule has 0 bridgehead atoms. The van der Waals surface area contributed by atoms with Crippen LogP contribution in [0, 0.1) is 0 Å².